The summed E-state index contributed by atoms with van der Waals surface area (Å²) in [5.41, 5.74) is 4.36. The zero-order valence-corrected chi connectivity index (χ0v) is 10.5. The van der Waals surface area contributed by atoms with Crippen molar-refractivity contribution in [2.75, 3.05) is 5.01 Å². The predicted octanol–water partition coefficient (Wildman–Crippen LogP) is 2.61. The van der Waals surface area contributed by atoms with Gasteiger partial charge in [0.2, 0.25) is 5.91 Å². The number of carbonyl (C=O) groups excluding carboxylic acids is 1. The number of hydrogen-bond acceptors (Lipinski definition) is 2. The summed E-state index contributed by atoms with van der Waals surface area (Å²) < 4.78 is 1.03. The van der Waals surface area contributed by atoms with Crippen molar-refractivity contribution in [1.82, 2.24) is 5.43 Å². The first-order valence-corrected chi connectivity index (χ1v) is 6.34. The fourth-order valence-electron chi connectivity index (χ4n) is 2.40. The molecular weight excluding hydrogens is 268 g/mol. The maximum atomic E-state index is 11.9. The Labute approximate surface area is 103 Å². The maximum absolute atomic E-state index is 11.9. The number of benzene rings is 1. The van der Waals surface area contributed by atoms with E-state index in [0.29, 0.717) is 6.42 Å². The van der Waals surface area contributed by atoms with Gasteiger partial charge in [-0.2, -0.15) is 0 Å². The summed E-state index contributed by atoms with van der Waals surface area (Å²) in [5.74, 6) is 0.182. The van der Waals surface area contributed by atoms with E-state index in [2.05, 4.69) is 21.4 Å². The van der Waals surface area contributed by atoms with E-state index < -0.39 is 0 Å². The van der Waals surface area contributed by atoms with Gasteiger partial charge in [0.25, 0.3) is 0 Å². The van der Waals surface area contributed by atoms with Crippen molar-refractivity contribution in [3.63, 3.8) is 0 Å². The first kappa shape index (κ1) is 10.3. The van der Waals surface area contributed by atoms with Crippen LogP contribution in [0.3, 0.4) is 0 Å². The fourth-order valence-corrected chi connectivity index (χ4v) is 2.66. The molecule has 1 aliphatic heterocycles. The van der Waals surface area contributed by atoms with Gasteiger partial charge in [-0.15, -0.1) is 0 Å². The number of hydrogen-bond donors (Lipinski definition) is 1. The van der Waals surface area contributed by atoms with E-state index >= 15 is 0 Å². The van der Waals surface area contributed by atoms with Crippen molar-refractivity contribution in [3.05, 3.63) is 28.7 Å². The Hall–Kier alpha value is -0.870. The van der Waals surface area contributed by atoms with Crippen molar-refractivity contribution in [1.29, 1.82) is 0 Å². The largest absolute Gasteiger partial charge is 0.273 e. The molecule has 0 bridgehead atoms. The normalized spacial score (nSPS) is 22.6. The molecule has 16 heavy (non-hydrogen) atoms. The van der Waals surface area contributed by atoms with E-state index in [1.54, 1.807) is 5.01 Å². The van der Waals surface area contributed by atoms with E-state index in [1.165, 1.54) is 6.42 Å². The zero-order chi connectivity index (χ0) is 11.2. The highest BCUT2D eigenvalue weighted by molar-refractivity contribution is 9.10. The molecule has 2 aliphatic rings. The number of hydrazine groups is 1. The highest BCUT2D eigenvalue weighted by atomic mass is 79.9. The molecule has 0 aromatic heterocycles. The fraction of sp³-hybridized carbons (Fsp3) is 0.417. The van der Waals surface area contributed by atoms with Gasteiger partial charge in [0, 0.05) is 16.4 Å². The van der Waals surface area contributed by atoms with Gasteiger partial charge in [-0.3, -0.25) is 4.79 Å². The van der Waals surface area contributed by atoms with Crippen LogP contribution in [-0.4, -0.2) is 11.4 Å². The van der Waals surface area contributed by atoms with Crippen molar-refractivity contribution >= 4 is 27.5 Å². The number of halogens is 1. The van der Waals surface area contributed by atoms with Crippen LogP contribution >= 0.6 is 15.9 Å². The lowest BCUT2D eigenvalue weighted by Crippen LogP contribution is -2.50. The van der Waals surface area contributed by atoms with Crippen LogP contribution in [0.4, 0.5) is 5.69 Å². The number of carbonyl (C=O) groups is 1. The molecule has 0 unspecified atom stereocenters. The first-order chi connectivity index (χ1) is 7.69. The zero-order valence-electron chi connectivity index (χ0n) is 8.87. The lowest BCUT2D eigenvalue weighted by molar-refractivity contribution is -0.117. The van der Waals surface area contributed by atoms with Crippen LogP contribution in [0.25, 0.3) is 0 Å². The molecule has 1 spiro atoms. The summed E-state index contributed by atoms with van der Waals surface area (Å²) in [4.78, 5) is 11.9. The van der Waals surface area contributed by atoms with Crippen LogP contribution in [0, 0.1) is 0 Å². The van der Waals surface area contributed by atoms with Crippen LogP contribution < -0.4 is 10.4 Å². The Balaban J connectivity index is 1.85. The van der Waals surface area contributed by atoms with Crippen molar-refractivity contribution < 1.29 is 4.79 Å². The number of nitrogens with zero attached hydrogens (tertiary/aromatic N) is 1. The molecule has 1 saturated carbocycles. The Kier molecular flexibility index (Phi) is 2.30. The standard InChI is InChI=1S/C12H13BrN2O/c13-9-2-4-10(5-3-9)15-11(16)8-12(14-15)6-1-7-12/h2-5,14H,1,6-8H2. The molecule has 1 amide bonds. The van der Waals surface area contributed by atoms with Gasteiger partial charge in [0.1, 0.15) is 0 Å². The summed E-state index contributed by atoms with van der Waals surface area (Å²) in [6.45, 7) is 0. The molecular formula is C12H13BrN2O. The van der Waals surface area contributed by atoms with Gasteiger partial charge < -0.3 is 0 Å². The second-order valence-corrected chi connectivity index (χ2v) is 5.54. The smallest absolute Gasteiger partial charge is 0.243 e. The molecule has 3 rings (SSSR count). The van der Waals surface area contributed by atoms with Gasteiger partial charge >= 0.3 is 0 Å². The van der Waals surface area contributed by atoms with E-state index in [4.69, 9.17) is 0 Å². The molecule has 4 heteroatoms. The summed E-state index contributed by atoms with van der Waals surface area (Å²) in [7, 11) is 0. The third-order valence-corrected chi connectivity index (χ3v) is 4.01. The summed E-state index contributed by atoms with van der Waals surface area (Å²) >= 11 is 3.39. The van der Waals surface area contributed by atoms with E-state index in [0.717, 1.165) is 23.0 Å². The second-order valence-electron chi connectivity index (χ2n) is 4.63. The monoisotopic (exact) mass is 280 g/mol. The Morgan fingerprint density at radius 1 is 1.25 bits per heavy atom. The molecule has 0 radical (unpaired) electrons. The minimum Gasteiger partial charge on any atom is -0.273 e. The van der Waals surface area contributed by atoms with Gasteiger partial charge in [-0.05, 0) is 43.5 Å². The summed E-state index contributed by atoms with van der Waals surface area (Å²) in [6.07, 6.45) is 4.11. The minimum atomic E-state index is 0.0736. The second kappa shape index (κ2) is 3.57. The van der Waals surface area contributed by atoms with Crippen molar-refractivity contribution in [2.24, 2.45) is 0 Å². The van der Waals surface area contributed by atoms with E-state index in [9.17, 15) is 4.79 Å². The van der Waals surface area contributed by atoms with Gasteiger partial charge in [0.05, 0.1) is 5.69 Å². The van der Waals surface area contributed by atoms with Crippen LogP contribution in [-0.2, 0) is 4.79 Å². The molecule has 0 atom stereocenters. The maximum Gasteiger partial charge on any atom is 0.243 e. The SMILES string of the molecule is O=C1CC2(CCC2)NN1c1ccc(Br)cc1. The average molecular weight is 281 g/mol. The summed E-state index contributed by atoms with van der Waals surface area (Å²) in [5, 5.41) is 1.70. The number of nitrogens with one attached hydrogen (secondary N) is 1. The molecule has 1 N–H and O–H groups in total. The Morgan fingerprint density at radius 3 is 2.44 bits per heavy atom. The molecule has 1 aromatic carbocycles. The summed E-state index contributed by atoms with van der Waals surface area (Å²) in [6, 6.07) is 7.81. The molecule has 2 fully saturated rings. The van der Waals surface area contributed by atoms with E-state index in [-0.39, 0.29) is 11.4 Å². The van der Waals surface area contributed by atoms with Crippen molar-refractivity contribution in [2.45, 2.75) is 31.2 Å². The lowest BCUT2D eigenvalue weighted by Gasteiger charge is -2.37. The molecule has 1 heterocycles. The topological polar surface area (TPSA) is 32.3 Å². The number of amides is 1. The highest BCUT2D eigenvalue weighted by Crippen LogP contribution is 2.40. The van der Waals surface area contributed by atoms with E-state index in [1.807, 2.05) is 24.3 Å². The van der Waals surface area contributed by atoms with Crippen LogP contribution in [0.5, 0.6) is 0 Å². The molecule has 3 nitrogen and oxygen atoms in total. The molecule has 1 aromatic rings. The Morgan fingerprint density at radius 2 is 1.94 bits per heavy atom. The number of rotatable bonds is 1. The highest BCUT2D eigenvalue weighted by Gasteiger charge is 2.47. The van der Waals surface area contributed by atoms with Crippen LogP contribution in [0.15, 0.2) is 28.7 Å². The Bertz CT molecular complexity index is 425. The predicted molar refractivity (Wildman–Crippen MR) is 66.0 cm³/mol. The van der Waals surface area contributed by atoms with Gasteiger partial charge in [-0.1, -0.05) is 15.9 Å². The quantitative estimate of drug-likeness (QED) is 0.858. The van der Waals surface area contributed by atoms with Gasteiger partial charge in [0.15, 0.2) is 0 Å². The molecule has 84 valence electrons. The van der Waals surface area contributed by atoms with Gasteiger partial charge in [-0.25, -0.2) is 10.4 Å². The average Bonchev–Trinajstić information content (AvgIpc) is 2.57. The number of anilines is 1. The third-order valence-electron chi connectivity index (χ3n) is 3.48. The minimum absolute atomic E-state index is 0.0736. The third kappa shape index (κ3) is 1.57. The van der Waals surface area contributed by atoms with Crippen molar-refractivity contribution in [3.8, 4) is 0 Å². The first-order valence-electron chi connectivity index (χ1n) is 5.55. The molecule has 1 saturated heterocycles. The lowest BCUT2D eigenvalue weighted by atomic mass is 9.76. The van der Waals surface area contributed by atoms with Crippen LogP contribution in [0.2, 0.25) is 0 Å². The molecule has 1 aliphatic carbocycles. The van der Waals surface area contributed by atoms with Crippen LogP contribution in [0.1, 0.15) is 25.7 Å².